The van der Waals surface area contributed by atoms with Gasteiger partial charge < -0.3 is 15.2 Å². The summed E-state index contributed by atoms with van der Waals surface area (Å²) >= 11 is 6.20. The van der Waals surface area contributed by atoms with Crippen LogP contribution in [0.1, 0.15) is 36.8 Å². The van der Waals surface area contributed by atoms with Crippen LogP contribution in [-0.2, 0) is 15.7 Å². The fourth-order valence-electron chi connectivity index (χ4n) is 5.32. The highest BCUT2D eigenvalue weighted by atomic mass is 35.5. The van der Waals surface area contributed by atoms with Crippen LogP contribution in [-0.4, -0.2) is 48.8 Å². The van der Waals surface area contributed by atoms with Crippen LogP contribution in [0.25, 0.3) is 0 Å². The normalized spacial score (nSPS) is 26.9. The quantitative estimate of drug-likeness (QED) is 0.619. The summed E-state index contributed by atoms with van der Waals surface area (Å²) < 4.78 is 50.9. The average molecular weight is 497 g/mol. The molecule has 4 rings (SSSR count). The highest BCUT2D eigenvalue weighted by molar-refractivity contribution is 6.30. The number of primary amides is 1. The van der Waals surface area contributed by atoms with E-state index in [1.807, 2.05) is 30.0 Å². The Bertz CT molecular complexity index is 1030. The predicted octanol–water partition coefficient (Wildman–Crippen LogP) is 4.88. The zero-order valence-electron chi connectivity index (χ0n) is 18.9. The van der Waals surface area contributed by atoms with E-state index in [-0.39, 0.29) is 23.7 Å². The van der Waals surface area contributed by atoms with Crippen LogP contribution in [0.2, 0.25) is 5.02 Å². The minimum atomic E-state index is -4.44. The first-order valence-corrected chi connectivity index (χ1v) is 11.7. The van der Waals surface area contributed by atoms with Crippen LogP contribution in [0.5, 0.6) is 5.75 Å². The number of alkyl halides is 3. The molecule has 2 heterocycles. The van der Waals surface area contributed by atoms with Crippen molar-refractivity contribution in [2.45, 2.75) is 43.5 Å². The SMILES string of the molecule is C[C@H](c1cccc(Cl)c1)C1COCCC1(C(N)=O)N1CC[C@@H](Oc2cccc(C(F)(F)F)c2)C1. The van der Waals surface area contributed by atoms with E-state index < -0.39 is 23.2 Å². The van der Waals surface area contributed by atoms with Gasteiger partial charge in [0.2, 0.25) is 5.91 Å². The number of amides is 1. The molecule has 0 bridgehead atoms. The number of carbonyl (C=O) groups is 1. The van der Waals surface area contributed by atoms with Crippen molar-refractivity contribution in [2.24, 2.45) is 11.7 Å². The molecule has 4 atom stereocenters. The Morgan fingerprint density at radius 3 is 2.74 bits per heavy atom. The highest BCUT2D eigenvalue weighted by Gasteiger charge is 2.54. The summed E-state index contributed by atoms with van der Waals surface area (Å²) in [6.45, 7) is 3.74. The fourth-order valence-corrected chi connectivity index (χ4v) is 5.52. The number of rotatable bonds is 6. The van der Waals surface area contributed by atoms with E-state index in [9.17, 15) is 18.0 Å². The lowest BCUT2D eigenvalue weighted by Crippen LogP contribution is -2.65. The van der Waals surface area contributed by atoms with Gasteiger partial charge in [0.25, 0.3) is 0 Å². The number of benzene rings is 2. The molecule has 34 heavy (non-hydrogen) atoms. The summed E-state index contributed by atoms with van der Waals surface area (Å²) in [4.78, 5) is 15.1. The summed E-state index contributed by atoms with van der Waals surface area (Å²) in [6.07, 6.45) is -3.79. The van der Waals surface area contributed by atoms with Crippen LogP contribution >= 0.6 is 11.6 Å². The number of nitrogens with two attached hydrogens (primary N) is 1. The van der Waals surface area contributed by atoms with Crippen molar-refractivity contribution in [2.75, 3.05) is 26.3 Å². The molecular weight excluding hydrogens is 469 g/mol. The summed E-state index contributed by atoms with van der Waals surface area (Å²) in [7, 11) is 0. The van der Waals surface area contributed by atoms with Crippen molar-refractivity contribution < 1.29 is 27.4 Å². The van der Waals surface area contributed by atoms with Crippen molar-refractivity contribution in [3.05, 3.63) is 64.7 Å². The molecule has 2 aromatic carbocycles. The second-order valence-corrected chi connectivity index (χ2v) is 9.50. The molecule has 1 amide bonds. The standard InChI is InChI=1S/C25H28ClF3N2O3/c1-16(17-4-2-6-19(26)12-17)22-15-33-11-9-24(22,23(30)32)31-10-8-21(14-31)34-20-7-3-5-18(13-20)25(27,28)29/h2-7,12-13,16,21-22H,8-11,14-15H2,1H3,(H2,30,32)/t16-,21-,22?,24?/m1/s1. The molecule has 184 valence electrons. The maximum Gasteiger partial charge on any atom is 0.416 e. The Morgan fingerprint density at radius 1 is 1.26 bits per heavy atom. The molecule has 2 N–H and O–H groups in total. The van der Waals surface area contributed by atoms with Crippen LogP contribution in [0, 0.1) is 5.92 Å². The largest absolute Gasteiger partial charge is 0.489 e. The topological polar surface area (TPSA) is 64.8 Å². The lowest BCUT2D eigenvalue weighted by Gasteiger charge is -2.49. The molecule has 2 aromatic rings. The van der Waals surface area contributed by atoms with Gasteiger partial charge in [-0.1, -0.05) is 36.7 Å². The second kappa shape index (κ2) is 9.76. The number of hydrogen-bond donors (Lipinski definition) is 1. The maximum atomic E-state index is 13.1. The molecule has 2 fully saturated rings. The molecular formula is C25H28ClF3N2O3. The van der Waals surface area contributed by atoms with E-state index in [4.69, 9.17) is 26.8 Å². The first-order valence-electron chi connectivity index (χ1n) is 11.3. The van der Waals surface area contributed by atoms with Crippen LogP contribution < -0.4 is 10.5 Å². The third-order valence-corrected chi connectivity index (χ3v) is 7.35. The molecule has 5 nitrogen and oxygen atoms in total. The first kappa shape index (κ1) is 24.8. The van der Waals surface area contributed by atoms with E-state index in [1.165, 1.54) is 12.1 Å². The minimum Gasteiger partial charge on any atom is -0.489 e. The monoisotopic (exact) mass is 496 g/mol. The van der Waals surface area contributed by atoms with Gasteiger partial charge in [-0.3, -0.25) is 9.69 Å². The van der Waals surface area contributed by atoms with Gasteiger partial charge in [-0.25, -0.2) is 0 Å². The van der Waals surface area contributed by atoms with Crippen molar-refractivity contribution in [3.8, 4) is 5.75 Å². The summed E-state index contributed by atoms with van der Waals surface area (Å²) in [5, 5.41) is 0.612. The van der Waals surface area contributed by atoms with Gasteiger partial charge in [0, 0.05) is 30.6 Å². The van der Waals surface area contributed by atoms with E-state index in [0.29, 0.717) is 44.2 Å². The Balaban J connectivity index is 1.56. The van der Waals surface area contributed by atoms with Crippen LogP contribution in [0.4, 0.5) is 13.2 Å². The summed E-state index contributed by atoms with van der Waals surface area (Å²) in [6, 6.07) is 12.4. The first-order chi connectivity index (χ1) is 16.1. The van der Waals surface area contributed by atoms with Gasteiger partial charge in [0.1, 0.15) is 17.4 Å². The number of halogens is 4. The Hall–Kier alpha value is -2.29. The second-order valence-electron chi connectivity index (χ2n) is 9.06. The van der Waals surface area contributed by atoms with E-state index in [2.05, 4.69) is 0 Å². The van der Waals surface area contributed by atoms with Gasteiger partial charge in [-0.2, -0.15) is 13.2 Å². The van der Waals surface area contributed by atoms with E-state index in [0.717, 1.165) is 17.7 Å². The summed E-state index contributed by atoms with van der Waals surface area (Å²) in [5.41, 5.74) is 5.34. The van der Waals surface area contributed by atoms with Crippen molar-refractivity contribution >= 4 is 17.5 Å². The zero-order chi connectivity index (χ0) is 24.5. The number of hydrogen-bond acceptors (Lipinski definition) is 4. The smallest absolute Gasteiger partial charge is 0.416 e. The van der Waals surface area contributed by atoms with Gasteiger partial charge in [0.05, 0.1) is 12.2 Å². The maximum absolute atomic E-state index is 13.1. The lowest BCUT2D eigenvalue weighted by molar-refractivity contribution is -0.146. The third kappa shape index (κ3) is 4.90. The Morgan fingerprint density at radius 2 is 2.03 bits per heavy atom. The minimum absolute atomic E-state index is 0.0602. The molecule has 2 aliphatic rings. The van der Waals surface area contributed by atoms with E-state index >= 15 is 0 Å². The molecule has 2 saturated heterocycles. The molecule has 0 spiro atoms. The lowest BCUT2D eigenvalue weighted by atomic mass is 9.70. The fraction of sp³-hybridized carbons (Fsp3) is 0.480. The molecule has 2 unspecified atom stereocenters. The zero-order valence-corrected chi connectivity index (χ0v) is 19.6. The van der Waals surface area contributed by atoms with Gasteiger partial charge in [-0.15, -0.1) is 0 Å². The van der Waals surface area contributed by atoms with Crippen molar-refractivity contribution in [1.29, 1.82) is 0 Å². The number of carbonyl (C=O) groups excluding carboxylic acids is 1. The van der Waals surface area contributed by atoms with Gasteiger partial charge in [-0.05, 0) is 54.7 Å². The average Bonchev–Trinajstić information content (AvgIpc) is 3.26. The van der Waals surface area contributed by atoms with Crippen molar-refractivity contribution in [3.63, 3.8) is 0 Å². The third-order valence-electron chi connectivity index (χ3n) is 7.12. The molecule has 9 heteroatoms. The Labute approximate surface area is 202 Å². The van der Waals surface area contributed by atoms with Crippen LogP contribution in [0.3, 0.4) is 0 Å². The molecule has 0 aromatic heterocycles. The van der Waals surface area contributed by atoms with Gasteiger partial charge >= 0.3 is 6.18 Å². The molecule has 0 radical (unpaired) electrons. The number of ether oxygens (including phenoxy) is 2. The highest BCUT2D eigenvalue weighted by Crippen LogP contribution is 2.43. The predicted molar refractivity (Wildman–Crippen MR) is 123 cm³/mol. The van der Waals surface area contributed by atoms with Crippen molar-refractivity contribution in [1.82, 2.24) is 4.90 Å². The molecule has 2 aliphatic heterocycles. The van der Waals surface area contributed by atoms with Gasteiger partial charge in [0.15, 0.2) is 0 Å². The number of nitrogens with zero attached hydrogens (tertiary/aromatic N) is 1. The Kier molecular flexibility index (Phi) is 7.12. The molecule has 0 saturated carbocycles. The number of likely N-dealkylation sites (tertiary alicyclic amines) is 1. The summed E-state index contributed by atoms with van der Waals surface area (Å²) in [5.74, 6) is -0.542. The molecule has 0 aliphatic carbocycles. The van der Waals surface area contributed by atoms with Crippen LogP contribution in [0.15, 0.2) is 48.5 Å². The van der Waals surface area contributed by atoms with E-state index in [1.54, 1.807) is 6.07 Å².